The van der Waals surface area contributed by atoms with Gasteiger partial charge in [0, 0.05) is 17.7 Å². The van der Waals surface area contributed by atoms with Crippen molar-refractivity contribution in [2.24, 2.45) is 0 Å². The number of aromatic nitrogens is 1. The van der Waals surface area contributed by atoms with E-state index in [0.717, 1.165) is 33.5 Å². The van der Waals surface area contributed by atoms with Gasteiger partial charge < -0.3 is 9.73 Å². The maximum atomic E-state index is 12.3. The third-order valence-electron chi connectivity index (χ3n) is 4.97. The fourth-order valence-corrected chi connectivity index (χ4v) is 3.63. The Hall–Kier alpha value is -3.51. The molecule has 31 heavy (non-hydrogen) atoms. The number of carbonyl (C=O) groups is 1. The largest absolute Gasteiger partial charge is 0.440 e. The molecule has 156 valence electrons. The Morgan fingerprint density at radius 2 is 1.68 bits per heavy atom. The third-order valence-corrected chi connectivity index (χ3v) is 5.18. The monoisotopic (exact) mass is 429 g/mol. The lowest BCUT2D eigenvalue weighted by Gasteiger charge is -2.10. The molecule has 1 heterocycles. The first kappa shape index (κ1) is 20.8. The first-order valence-electron chi connectivity index (χ1n) is 10.0. The lowest BCUT2D eigenvalue weighted by molar-refractivity contribution is 0.0977. The van der Waals surface area contributed by atoms with Crippen molar-refractivity contribution in [3.05, 3.63) is 94.4 Å². The Balaban J connectivity index is 1.38. The Labute approximate surface area is 186 Å². The lowest BCUT2D eigenvalue weighted by atomic mass is 10.1. The number of aryl methyl sites for hydroxylation is 3. The van der Waals surface area contributed by atoms with E-state index in [4.69, 9.17) is 16.6 Å². The molecule has 4 rings (SSSR count). The van der Waals surface area contributed by atoms with Crippen LogP contribution in [-0.2, 0) is 6.42 Å². The number of hydrogen-bond acceptors (Lipinski definition) is 4. The highest BCUT2D eigenvalue weighted by Gasteiger charge is 2.11. The maximum Gasteiger partial charge on any atom is 0.257 e. The Kier molecular flexibility index (Phi) is 5.82. The van der Waals surface area contributed by atoms with Gasteiger partial charge in [-0.15, -0.1) is 0 Å². The van der Waals surface area contributed by atoms with Gasteiger partial charge >= 0.3 is 0 Å². The molecule has 0 unspecified atom stereocenters. The van der Waals surface area contributed by atoms with E-state index in [1.807, 2.05) is 56.3 Å². The van der Waals surface area contributed by atoms with Crippen molar-refractivity contribution in [3.8, 4) is 0 Å². The highest BCUT2D eigenvalue weighted by molar-refractivity contribution is 7.80. The highest BCUT2D eigenvalue weighted by atomic mass is 32.1. The summed E-state index contributed by atoms with van der Waals surface area (Å²) in [6, 6.07) is 19.3. The Morgan fingerprint density at radius 3 is 2.39 bits per heavy atom. The number of carbonyl (C=O) groups excluding carboxylic acids is 1. The number of benzene rings is 3. The summed E-state index contributed by atoms with van der Waals surface area (Å²) in [4.78, 5) is 16.9. The van der Waals surface area contributed by atoms with Gasteiger partial charge in [-0.25, -0.2) is 4.98 Å². The minimum atomic E-state index is -0.240. The van der Waals surface area contributed by atoms with Gasteiger partial charge in [0.25, 0.3) is 5.91 Å². The molecule has 3 aromatic carbocycles. The fraction of sp³-hybridized carbons (Fsp3) is 0.160. The van der Waals surface area contributed by atoms with Crippen LogP contribution < -0.4 is 10.6 Å². The van der Waals surface area contributed by atoms with Gasteiger partial charge in [-0.2, -0.15) is 0 Å². The van der Waals surface area contributed by atoms with Crippen molar-refractivity contribution in [1.29, 1.82) is 0 Å². The molecule has 0 fully saturated rings. The molecular weight excluding hydrogens is 406 g/mol. The van der Waals surface area contributed by atoms with Crippen molar-refractivity contribution in [2.75, 3.05) is 5.32 Å². The molecule has 0 radical (unpaired) electrons. The molecule has 4 aromatic rings. The van der Waals surface area contributed by atoms with Crippen LogP contribution in [0, 0.1) is 20.8 Å². The van der Waals surface area contributed by atoms with Crippen LogP contribution in [0.4, 0.5) is 5.69 Å². The molecule has 0 spiro atoms. The van der Waals surface area contributed by atoms with Crippen LogP contribution in [-0.4, -0.2) is 16.0 Å². The van der Waals surface area contributed by atoms with E-state index in [-0.39, 0.29) is 11.0 Å². The molecule has 6 heteroatoms. The summed E-state index contributed by atoms with van der Waals surface area (Å²) in [6.45, 7) is 6.06. The van der Waals surface area contributed by atoms with E-state index >= 15 is 0 Å². The molecule has 0 aliphatic heterocycles. The van der Waals surface area contributed by atoms with Gasteiger partial charge in [-0.1, -0.05) is 35.9 Å². The van der Waals surface area contributed by atoms with E-state index < -0.39 is 0 Å². The number of thiocarbonyl (C=S) groups is 1. The van der Waals surface area contributed by atoms with Crippen molar-refractivity contribution in [3.63, 3.8) is 0 Å². The molecule has 1 amide bonds. The average molecular weight is 430 g/mol. The zero-order valence-corrected chi connectivity index (χ0v) is 18.5. The summed E-state index contributed by atoms with van der Waals surface area (Å²) in [5.41, 5.74) is 7.52. The van der Waals surface area contributed by atoms with Crippen LogP contribution in [0.5, 0.6) is 0 Å². The minimum absolute atomic E-state index is 0.240. The summed E-state index contributed by atoms with van der Waals surface area (Å²) in [5.74, 6) is 0.445. The van der Waals surface area contributed by atoms with Gasteiger partial charge in [-0.05, 0) is 80.0 Å². The van der Waals surface area contributed by atoms with Gasteiger partial charge in [0.05, 0.1) is 0 Å². The molecule has 5 nitrogen and oxygen atoms in total. The molecule has 1 aromatic heterocycles. The van der Waals surface area contributed by atoms with Crippen LogP contribution in [0.1, 0.15) is 38.5 Å². The van der Waals surface area contributed by atoms with Crippen LogP contribution >= 0.6 is 12.2 Å². The highest BCUT2D eigenvalue weighted by Crippen LogP contribution is 2.23. The second-order valence-corrected chi connectivity index (χ2v) is 8.09. The zero-order valence-electron chi connectivity index (χ0n) is 17.7. The van der Waals surface area contributed by atoms with E-state index in [1.165, 1.54) is 5.56 Å². The normalized spacial score (nSPS) is 10.8. The van der Waals surface area contributed by atoms with E-state index in [2.05, 4.69) is 28.6 Å². The number of nitrogens with zero attached hydrogens (tertiary/aromatic N) is 1. The van der Waals surface area contributed by atoms with Crippen LogP contribution in [0.3, 0.4) is 0 Å². The number of nitrogens with one attached hydrogen (secondary N) is 2. The topological polar surface area (TPSA) is 67.2 Å². The quantitative estimate of drug-likeness (QED) is 0.421. The van der Waals surface area contributed by atoms with Crippen LogP contribution in [0.25, 0.3) is 11.1 Å². The van der Waals surface area contributed by atoms with E-state index in [1.54, 1.807) is 12.1 Å². The second-order valence-electron chi connectivity index (χ2n) is 7.69. The summed E-state index contributed by atoms with van der Waals surface area (Å²) in [6.07, 6.45) is 0.599. The lowest BCUT2D eigenvalue weighted by Crippen LogP contribution is -2.34. The number of amides is 1. The molecule has 0 aliphatic rings. The minimum Gasteiger partial charge on any atom is -0.440 e. The number of oxazole rings is 1. The number of anilines is 1. The van der Waals surface area contributed by atoms with E-state index in [9.17, 15) is 4.79 Å². The Morgan fingerprint density at radius 1 is 0.968 bits per heavy atom. The SMILES string of the molecule is Cc1ccc(C(=O)NC(=S)Nc2ccc(Cc3nc4cc(C)cc(C)c4o3)cc2)cc1. The van der Waals surface area contributed by atoms with Gasteiger partial charge in [0.1, 0.15) is 5.52 Å². The van der Waals surface area contributed by atoms with Crippen LogP contribution in [0.15, 0.2) is 65.1 Å². The molecular formula is C25H23N3O2S. The average Bonchev–Trinajstić information content (AvgIpc) is 3.12. The fourth-order valence-electron chi connectivity index (χ4n) is 3.42. The molecule has 0 saturated carbocycles. The number of hydrogen-bond donors (Lipinski definition) is 2. The molecule has 0 aliphatic carbocycles. The maximum absolute atomic E-state index is 12.3. The predicted octanol–water partition coefficient (Wildman–Crippen LogP) is 5.47. The van der Waals surface area contributed by atoms with Crippen molar-refractivity contribution in [2.45, 2.75) is 27.2 Å². The van der Waals surface area contributed by atoms with Gasteiger partial charge in [-0.3, -0.25) is 10.1 Å². The smallest absolute Gasteiger partial charge is 0.257 e. The van der Waals surface area contributed by atoms with E-state index in [0.29, 0.717) is 17.9 Å². The Bertz CT molecular complexity index is 1260. The third kappa shape index (κ3) is 4.98. The number of rotatable bonds is 4. The van der Waals surface area contributed by atoms with Gasteiger partial charge in [0.2, 0.25) is 0 Å². The molecule has 0 saturated heterocycles. The summed E-state index contributed by atoms with van der Waals surface area (Å²) >= 11 is 5.27. The standard InChI is InChI=1S/C25H23N3O2S/c1-15-4-8-19(9-5-15)24(29)28-25(31)26-20-10-6-18(7-11-20)14-22-27-21-13-16(2)12-17(3)23(21)30-22/h4-13H,14H2,1-3H3,(H2,26,28,29,31). The van der Waals surface area contributed by atoms with Crippen molar-refractivity contribution >= 4 is 40.0 Å². The summed E-state index contributed by atoms with van der Waals surface area (Å²) in [5, 5.41) is 5.99. The second kappa shape index (κ2) is 8.70. The summed E-state index contributed by atoms with van der Waals surface area (Å²) < 4.78 is 5.95. The summed E-state index contributed by atoms with van der Waals surface area (Å²) in [7, 11) is 0. The molecule has 2 N–H and O–H groups in total. The van der Waals surface area contributed by atoms with Crippen molar-refractivity contribution < 1.29 is 9.21 Å². The van der Waals surface area contributed by atoms with Crippen molar-refractivity contribution in [1.82, 2.24) is 10.3 Å². The first-order valence-corrected chi connectivity index (χ1v) is 10.4. The number of fused-ring (bicyclic) bond motifs is 1. The zero-order chi connectivity index (χ0) is 22.0. The van der Waals surface area contributed by atoms with Gasteiger partial charge in [0.15, 0.2) is 16.6 Å². The molecule has 0 atom stereocenters. The predicted molar refractivity (Wildman–Crippen MR) is 128 cm³/mol. The van der Waals surface area contributed by atoms with Crippen LogP contribution in [0.2, 0.25) is 0 Å². The first-order chi connectivity index (χ1) is 14.9. The molecule has 0 bridgehead atoms.